The van der Waals surface area contributed by atoms with Gasteiger partial charge < -0.3 is 9.47 Å². The van der Waals surface area contributed by atoms with Gasteiger partial charge >= 0.3 is 24.4 Å². The Labute approximate surface area is 421 Å². The summed E-state index contributed by atoms with van der Waals surface area (Å²) in [5, 5.41) is 42.3. The van der Waals surface area contributed by atoms with E-state index in [-0.39, 0.29) is 34.5 Å². The summed E-state index contributed by atoms with van der Waals surface area (Å²) in [5.74, 6) is -0.269. The molecule has 0 atom stereocenters. The van der Waals surface area contributed by atoms with Gasteiger partial charge in [-0.2, -0.15) is 56.6 Å². The summed E-state index contributed by atoms with van der Waals surface area (Å²) in [6, 6.07) is 1.10. The highest BCUT2D eigenvalue weighted by Crippen LogP contribution is 2.27. The molecule has 0 unspecified atom stereocenters. The number of hydrogen-bond donors (Lipinski definition) is 6. The lowest BCUT2D eigenvalue weighted by Crippen LogP contribution is -2.07. The van der Waals surface area contributed by atoms with Crippen LogP contribution in [-0.2, 0) is 19.0 Å². The topological polar surface area (TPSA) is 292 Å². The first-order chi connectivity index (χ1) is 31.3. The Bertz CT molecular complexity index is 1900. The third kappa shape index (κ3) is 40.2. The number of H-pyrrole nitrogens is 6. The summed E-state index contributed by atoms with van der Waals surface area (Å²) in [7, 11) is 0. The van der Waals surface area contributed by atoms with E-state index < -0.39 is 36.7 Å². The van der Waals surface area contributed by atoms with Crippen LogP contribution in [0.5, 0.6) is 12.0 Å². The van der Waals surface area contributed by atoms with Gasteiger partial charge in [-0.15, -0.1) is 25.5 Å². The van der Waals surface area contributed by atoms with Crippen molar-refractivity contribution >= 4 is 86.9 Å². The van der Waals surface area contributed by atoms with Crippen LogP contribution < -0.4 is 9.47 Å². The van der Waals surface area contributed by atoms with E-state index in [0.29, 0.717) is 14.2 Å². The Morgan fingerprint density at radius 3 is 1.17 bits per heavy atom. The van der Waals surface area contributed by atoms with Crippen molar-refractivity contribution in [3.63, 3.8) is 0 Å². The van der Waals surface area contributed by atoms with Crippen molar-refractivity contribution < 1.29 is 40.2 Å². The Kier molecular flexibility index (Phi) is 52.8. The molecule has 6 heterocycles. The maximum Gasteiger partial charge on any atom is 0.451 e. The quantitative estimate of drug-likeness (QED) is 0.0691. The molecule has 6 aromatic heterocycles. The zero-order valence-corrected chi connectivity index (χ0v) is 46.0. The number of aromatic amines is 6. The van der Waals surface area contributed by atoms with Gasteiger partial charge in [0, 0.05) is 0 Å². The Morgan fingerprint density at radius 1 is 0.530 bits per heavy atom. The summed E-state index contributed by atoms with van der Waals surface area (Å²) < 4.78 is 92.5. The van der Waals surface area contributed by atoms with E-state index in [0.717, 1.165) is 11.6 Å². The van der Waals surface area contributed by atoms with E-state index in [4.69, 9.17) is 28.5 Å². The van der Waals surface area contributed by atoms with E-state index in [2.05, 4.69) is 154 Å². The van der Waals surface area contributed by atoms with E-state index in [1.807, 2.05) is 96.9 Å². The SMILES string of the molecule is Brc1n[nH]c(Br)n1.CC.CC.CC.CC.CC.CC.Cc1n[nH]c(C)n1.FC(F)(F)c1nc(Br)n[nH]1.FC(F)(F)c1nc(OCCl)n[nH]1.FCc1nc(Br)n[nH]1.N#Cc1nc(OCCl)n[nH]1. The van der Waals surface area contributed by atoms with Crippen LogP contribution in [0.2, 0.25) is 0 Å². The highest BCUT2D eigenvalue weighted by atomic mass is 79.9. The predicted octanol–water partition coefficient (Wildman–Crippen LogP) is 12.2. The fraction of sp³-hybridized carbons (Fsp3) is 0.594. The summed E-state index contributed by atoms with van der Waals surface area (Å²) in [6.45, 7) is 27.1. The molecule has 0 saturated heterocycles. The number of nitrogens with zero attached hydrogens (tertiary/aromatic N) is 13. The maximum atomic E-state index is 11.8. The van der Waals surface area contributed by atoms with Crippen molar-refractivity contribution in [3.8, 4) is 18.1 Å². The molecule has 6 rings (SSSR count). The molecule has 0 radical (unpaired) electrons. The Morgan fingerprint density at radius 2 is 0.939 bits per heavy atom. The third-order valence-electron chi connectivity index (χ3n) is 4.17. The van der Waals surface area contributed by atoms with Crippen LogP contribution in [0.3, 0.4) is 0 Å². The van der Waals surface area contributed by atoms with E-state index in [1.165, 1.54) is 0 Å². The van der Waals surface area contributed by atoms with Gasteiger partial charge in [0.1, 0.15) is 24.4 Å². The van der Waals surface area contributed by atoms with E-state index in [1.54, 1.807) is 16.3 Å². The van der Waals surface area contributed by atoms with Crippen LogP contribution in [0.1, 0.15) is 118 Å². The lowest BCUT2D eigenvalue weighted by molar-refractivity contribution is -0.145. The van der Waals surface area contributed by atoms with Crippen molar-refractivity contribution in [2.75, 3.05) is 12.1 Å². The van der Waals surface area contributed by atoms with Crippen molar-refractivity contribution in [1.82, 2.24) is 91.1 Å². The molecule has 6 aromatic rings. The number of aromatic nitrogens is 18. The standard InChI is InChI=1S/C4H3ClF3N3O.C4H3ClN4O.C4H7N3.C3HBrF3N3.C3H3BrFN3.C2HBr2N3.6C2H6/c5-1-12-3-9-2(10-11-3)4(6,7)8;5-2-10-4-7-3(1-6)8-9-4;1-3-5-4(2)7-6-3;4-2-8-1(9-10-2)3(5,6)7;4-3-6-2(1-5)7-8-3;3-1-5-2(4)7-6-1;6*1-2/h1H2,(H,9,10,11);2H2,(H,7,8,9);1-2H3,(H,5,6,7);(H,8,9,10);1H2,(H,6,7,8);(H,5,6,7);6*1-2H3. The van der Waals surface area contributed by atoms with Crippen LogP contribution >= 0.6 is 86.9 Å². The number of halogens is 13. The summed E-state index contributed by atoms with van der Waals surface area (Å²) in [6.07, 6.45) is -8.99. The number of ether oxygens (including phenoxy) is 2. The van der Waals surface area contributed by atoms with Gasteiger partial charge in [-0.3, -0.25) is 25.5 Å². The third-order valence-corrected chi connectivity index (χ3v) is 5.81. The monoisotopic (exact) mass is 1260 g/mol. The first-order valence-corrected chi connectivity index (χ1v) is 23.1. The highest BCUT2D eigenvalue weighted by Gasteiger charge is 2.36. The molecule has 0 spiro atoms. The number of hydrogen-bond acceptors (Lipinski definition) is 15. The molecule has 0 aliphatic rings. The maximum absolute atomic E-state index is 11.8. The predicted molar refractivity (Wildman–Crippen MR) is 249 cm³/mol. The fourth-order valence-electron chi connectivity index (χ4n) is 2.27. The molecule has 0 saturated carbocycles. The van der Waals surface area contributed by atoms with Gasteiger partial charge in [-0.05, 0) is 77.6 Å². The zero-order chi connectivity index (χ0) is 52.9. The van der Waals surface area contributed by atoms with Crippen LogP contribution in [0.25, 0.3) is 0 Å². The van der Waals surface area contributed by atoms with E-state index >= 15 is 0 Å². The second-order valence-electron chi connectivity index (χ2n) is 8.05. The second-order valence-corrected chi connectivity index (χ2v) is 11.4. The lowest BCUT2D eigenvalue weighted by atomic mass is 10.6. The number of rotatable bonds is 5. The van der Waals surface area contributed by atoms with Crippen molar-refractivity contribution in [2.24, 2.45) is 0 Å². The summed E-state index contributed by atoms with van der Waals surface area (Å²) in [4.78, 5) is 20.9. The first kappa shape index (κ1) is 73.5. The minimum atomic E-state index is -4.54. The lowest BCUT2D eigenvalue weighted by Gasteiger charge is -1.98. The number of alkyl halides is 9. The number of nitriles is 1. The molecule has 0 aliphatic carbocycles. The molecule has 0 amide bonds. The molecule has 0 aliphatic heterocycles. The van der Waals surface area contributed by atoms with Gasteiger partial charge in [0.25, 0.3) is 0 Å². The Balaban J connectivity index is -0.000000157. The molecule has 0 aromatic carbocycles. The van der Waals surface area contributed by atoms with Gasteiger partial charge in [0.15, 0.2) is 22.7 Å². The summed E-state index contributed by atoms with van der Waals surface area (Å²) >= 11 is 22.0. The average Bonchev–Trinajstić information content (AvgIpc) is 4.20. The molecule has 66 heavy (non-hydrogen) atoms. The number of nitrogens with one attached hydrogen (secondary N) is 6. The van der Waals surface area contributed by atoms with Crippen LogP contribution in [0, 0.1) is 25.2 Å². The molecule has 0 bridgehead atoms. The largest absolute Gasteiger partial charge is 0.451 e. The molecular formula is C32H54Br4Cl2F7N19O2. The highest BCUT2D eigenvalue weighted by molar-refractivity contribution is 9.11. The molecule has 6 N–H and O–H groups in total. The van der Waals surface area contributed by atoms with Crippen molar-refractivity contribution in [3.05, 3.63) is 53.9 Å². The fourth-order valence-corrected chi connectivity index (χ4v) is 3.80. The minimum Gasteiger partial charge on any atom is -0.446 e. The molecule has 0 fully saturated rings. The smallest absolute Gasteiger partial charge is 0.446 e. The normalized spacial score (nSPS) is 9.00. The number of aryl methyl sites for hydroxylation is 2. The van der Waals surface area contributed by atoms with Crippen LogP contribution in [0.15, 0.2) is 18.9 Å². The summed E-state index contributed by atoms with van der Waals surface area (Å²) in [5.41, 5.74) is 0. The minimum absolute atomic E-state index is 0.0251. The van der Waals surface area contributed by atoms with Crippen LogP contribution in [-0.4, -0.2) is 103 Å². The van der Waals surface area contributed by atoms with Gasteiger partial charge in [0.2, 0.25) is 31.7 Å². The van der Waals surface area contributed by atoms with Crippen LogP contribution in [0.4, 0.5) is 30.7 Å². The zero-order valence-electron chi connectivity index (χ0n) is 38.2. The van der Waals surface area contributed by atoms with Gasteiger partial charge in [0.05, 0.1) is 0 Å². The molecule has 21 nitrogen and oxygen atoms in total. The average molecular weight is 1260 g/mol. The first-order valence-electron chi connectivity index (χ1n) is 18.9. The van der Waals surface area contributed by atoms with Crippen molar-refractivity contribution in [2.45, 2.75) is 116 Å². The van der Waals surface area contributed by atoms with E-state index in [9.17, 15) is 30.7 Å². The molecule has 380 valence electrons. The van der Waals surface area contributed by atoms with Gasteiger partial charge in [-0.25, -0.2) is 19.5 Å². The Hall–Kier alpha value is -4.06. The molecular weight excluding hydrogens is 1210 g/mol. The second kappa shape index (κ2) is 47.4. The molecule has 34 heteroatoms. The van der Waals surface area contributed by atoms with Crippen molar-refractivity contribution in [1.29, 1.82) is 5.26 Å². The van der Waals surface area contributed by atoms with Gasteiger partial charge in [-0.1, -0.05) is 106 Å².